The molecule has 1 atom stereocenters. The average Bonchev–Trinajstić information content (AvgIpc) is 2.15. The summed E-state index contributed by atoms with van der Waals surface area (Å²) in [7, 11) is 0. The van der Waals surface area contributed by atoms with Gasteiger partial charge in [-0.05, 0) is 44.5 Å². The molecule has 3 nitrogen and oxygen atoms in total. The van der Waals surface area contributed by atoms with E-state index in [2.05, 4.69) is 5.32 Å². The lowest BCUT2D eigenvalue weighted by Gasteiger charge is -2.10. The predicted molar refractivity (Wildman–Crippen MR) is 58.7 cm³/mol. The highest BCUT2D eigenvalue weighted by atomic mass is 19.1. The fraction of sp³-hybridized carbons (Fsp3) is 0.333. The molecule has 1 N–H and O–H groups in total. The molecule has 0 spiro atoms. The monoisotopic (exact) mass is 223 g/mol. The van der Waals surface area contributed by atoms with Gasteiger partial charge < -0.3 is 5.32 Å². The van der Waals surface area contributed by atoms with Crippen LogP contribution in [0.5, 0.6) is 0 Å². The molecule has 86 valence electrons. The second-order valence-corrected chi connectivity index (χ2v) is 3.82. The summed E-state index contributed by atoms with van der Waals surface area (Å²) in [6.45, 7) is 4.68. The molecular formula is C12H14FNO2. The molecule has 1 amide bonds. The van der Waals surface area contributed by atoms with Crippen LogP contribution in [0, 0.1) is 12.7 Å². The van der Waals surface area contributed by atoms with Gasteiger partial charge in [0.1, 0.15) is 5.82 Å². The van der Waals surface area contributed by atoms with Crippen LogP contribution in [0.3, 0.4) is 0 Å². The number of hydrogen-bond acceptors (Lipinski definition) is 2. The quantitative estimate of drug-likeness (QED) is 0.849. The zero-order chi connectivity index (χ0) is 12.3. The van der Waals surface area contributed by atoms with Gasteiger partial charge in [-0.1, -0.05) is 0 Å². The van der Waals surface area contributed by atoms with Gasteiger partial charge in [0.15, 0.2) is 5.78 Å². The third-order valence-electron chi connectivity index (χ3n) is 2.26. The Bertz CT molecular complexity index is 409. The van der Waals surface area contributed by atoms with E-state index in [9.17, 15) is 14.0 Å². The van der Waals surface area contributed by atoms with Crippen LogP contribution in [-0.2, 0) is 4.79 Å². The zero-order valence-electron chi connectivity index (χ0n) is 9.50. The maximum Gasteiger partial charge on any atom is 0.251 e. The highest BCUT2D eigenvalue weighted by Crippen LogP contribution is 2.08. The van der Waals surface area contributed by atoms with E-state index in [4.69, 9.17) is 0 Å². The molecule has 0 aliphatic carbocycles. The minimum Gasteiger partial charge on any atom is -0.343 e. The topological polar surface area (TPSA) is 46.2 Å². The number of ketones is 1. The maximum absolute atomic E-state index is 13.0. The molecule has 0 saturated heterocycles. The van der Waals surface area contributed by atoms with Crippen molar-refractivity contribution in [3.8, 4) is 0 Å². The molecule has 0 aromatic heterocycles. The summed E-state index contributed by atoms with van der Waals surface area (Å²) in [6.07, 6.45) is 0. The first kappa shape index (κ1) is 12.4. The Morgan fingerprint density at radius 2 is 1.94 bits per heavy atom. The van der Waals surface area contributed by atoms with Gasteiger partial charge in [-0.25, -0.2) is 4.39 Å². The van der Waals surface area contributed by atoms with Crippen LogP contribution in [0.15, 0.2) is 18.2 Å². The average molecular weight is 223 g/mol. The van der Waals surface area contributed by atoms with Crippen LogP contribution in [-0.4, -0.2) is 17.7 Å². The van der Waals surface area contributed by atoms with Crippen molar-refractivity contribution in [3.05, 3.63) is 35.1 Å². The van der Waals surface area contributed by atoms with E-state index in [-0.39, 0.29) is 11.3 Å². The van der Waals surface area contributed by atoms with Crippen molar-refractivity contribution >= 4 is 11.7 Å². The van der Waals surface area contributed by atoms with E-state index < -0.39 is 17.8 Å². The van der Waals surface area contributed by atoms with Crippen molar-refractivity contribution in [2.24, 2.45) is 0 Å². The highest BCUT2D eigenvalue weighted by Gasteiger charge is 2.13. The fourth-order valence-electron chi connectivity index (χ4n) is 1.25. The van der Waals surface area contributed by atoms with Crippen LogP contribution < -0.4 is 5.32 Å². The van der Waals surface area contributed by atoms with E-state index >= 15 is 0 Å². The zero-order valence-corrected chi connectivity index (χ0v) is 9.50. The smallest absolute Gasteiger partial charge is 0.251 e. The molecule has 1 unspecified atom stereocenters. The molecule has 0 heterocycles. The first-order chi connectivity index (χ1) is 7.40. The number of amides is 1. The Labute approximate surface area is 93.7 Å². The summed E-state index contributed by atoms with van der Waals surface area (Å²) in [6, 6.07) is 3.50. The number of halogens is 1. The number of carbonyl (C=O) groups is 2. The van der Waals surface area contributed by atoms with Crippen molar-refractivity contribution in [3.63, 3.8) is 0 Å². The van der Waals surface area contributed by atoms with E-state index in [0.29, 0.717) is 5.56 Å². The molecular weight excluding hydrogens is 209 g/mol. The van der Waals surface area contributed by atoms with Crippen LogP contribution in [0.1, 0.15) is 29.8 Å². The lowest BCUT2D eigenvalue weighted by Crippen LogP contribution is -2.37. The first-order valence-corrected chi connectivity index (χ1v) is 4.98. The molecule has 1 aromatic rings. The summed E-state index contributed by atoms with van der Waals surface area (Å²) in [4.78, 5) is 22.6. The SMILES string of the molecule is CC(=O)C(C)NC(=O)c1cc(C)cc(F)c1. The first-order valence-electron chi connectivity index (χ1n) is 4.98. The van der Waals surface area contributed by atoms with E-state index in [0.717, 1.165) is 6.07 Å². The Morgan fingerprint density at radius 1 is 1.31 bits per heavy atom. The van der Waals surface area contributed by atoms with Crippen LogP contribution >= 0.6 is 0 Å². The fourth-order valence-corrected chi connectivity index (χ4v) is 1.25. The molecule has 16 heavy (non-hydrogen) atoms. The van der Waals surface area contributed by atoms with Crippen molar-refractivity contribution < 1.29 is 14.0 Å². The number of benzene rings is 1. The van der Waals surface area contributed by atoms with E-state index in [1.807, 2.05) is 0 Å². The normalized spacial score (nSPS) is 12.0. The summed E-state index contributed by atoms with van der Waals surface area (Å²) in [5, 5.41) is 2.49. The second-order valence-electron chi connectivity index (χ2n) is 3.82. The number of hydrogen-bond donors (Lipinski definition) is 1. The molecule has 0 saturated carbocycles. The van der Waals surface area contributed by atoms with Gasteiger partial charge in [0.25, 0.3) is 5.91 Å². The second kappa shape index (κ2) is 4.88. The lowest BCUT2D eigenvalue weighted by atomic mass is 10.1. The van der Waals surface area contributed by atoms with Gasteiger partial charge in [0, 0.05) is 5.56 Å². The van der Waals surface area contributed by atoms with Gasteiger partial charge in [-0.2, -0.15) is 0 Å². The lowest BCUT2D eigenvalue weighted by molar-refractivity contribution is -0.118. The van der Waals surface area contributed by atoms with Crippen molar-refractivity contribution in [2.45, 2.75) is 26.8 Å². The molecule has 1 rings (SSSR count). The molecule has 4 heteroatoms. The minimum atomic E-state index is -0.559. The summed E-state index contributed by atoms with van der Waals surface area (Å²) in [5.41, 5.74) is 0.895. The van der Waals surface area contributed by atoms with E-state index in [1.54, 1.807) is 19.9 Å². The molecule has 0 fully saturated rings. The molecule has 0 bridgehead atoms. The standard InChI is InChI=1S/C12H14FNO2/c1-7-4-10(6-11(13)5-7)12(16)14-8(2)9(3)15/h4-6,8H,1-3H3,(H,14,16). The van der Waals surface area contributed by atoms with Crippen LogP contribution in [0.25, 0.3) is 0 Å². The van der Waals surface area contributed by atoms with Crippen LogP contribution in [0.2, 0.25) is 0 Å². The van der Waals surface area contributed by atoms with Crippen LogP contribution in [0.4, 0.5) is 4.39 Å². The number of carbonyl (C=O) groups excluding carboxylic acids is 2. The van der Waals surface area contributed by atoms with Crippen molar-refractivity contribution in [1.82, 2.24) is 5.32 Å². The van der Waals surface area contributed by atoms with Gasteiger partial charge in [-0.15, -0.1) is 0 Å². The Morgan fingerprint density at radius 3 is 2.44 bits per heavy atom. The molecule has 0 aliphatic heterocycles. The number of nitrogens with one attached hydrogen (secondary N) is 1. The van der Waals surface area contributed by atoms with Gasteiger partial charge in [0.05, 0.1) is 6.04 Å². The van der Waals surface area contributed by atoms with Crippen molar-refractivity contribution in [1.29, 1.82) is 0 Å². The summed E-state index contributed by atoms with van der Waals surface area (Å²) in [5.74, 6) is -1.03. The summed E-state index contributed by atoms with van der Waals surface area (Å²) < 4.78 is 13.0. The maximum atomic E-state index is 13.0. The number of Topliss-reactive ketones (excluding diaryl/α,β-unsaturated/α-hetero) is 1. The molecule has 0 aliphatic rings. The Balaban J connectivity index is 2.84. The number of aryl methyl sites for hydroxylation is 1. The van der Waals surface area contributed by atoms with Crippen molar-refractivity contribution in [2.75, 3.05) is 0 Å². The van der Waals surface area contributed by atoms with Gasteiger partial charge >= 0.3 is 0 Å². The van der Waals surface area contributed by atoms with Gasteiger partial charge in [-0.3, -0.25) is 9.59 Å². The Kier molecular flexibility index (Phi) is 3.77. The van der Waals surface area contributed by atoms with Gasteiger partial charge in [0.2, 0.25) is 0 Å². The van der Waals surface area contributed by atoms with E-state index in [1.165, 1.54) is 13.0 Å². The summed E-state index contributed by atoms with van der Waals surface area (Å²) >= 11 is 0. The molecule has 0 radical (unpaired) electrons. The highest BCUT2D eigenvalue weighted by molar-refractivity contribution is 5.97. The number of rotatable bonds is 3. The minimum absolute atomic E-state index is 0.138. The largest absolute Gasteiger partial charge is 0.343 e. The molecule has 1 aromatic carbocycles. The Hall–Kier alpha value is -1.71. The predicted octanol–water partition coefficient (Wildman–Crippen LogP) is 1.84. The third kappa shape index (κ3) is 3.15. The third-order valence-corrected chi connectivity index (χ3v) is 2.26.